The molecule has 2 fully saturated rings. The molecule has 0 aromatic carbocycles. The molecule has 6 heteroatoms. The maximum Gasteiger partial charge on any atom is 0.339 e. The van der Waals surface area contributed by atoms with E-state index in [2.05, 4.69) is 5.32 Å². The van der Waals surface area contributed by atoms with Crippen LogP contribution in [0.25, 0.3) is 0 Å². The Labute approximate surface area is 128 Å². The van der Waals surface area contributed by atoms with Gasteiger partial charge in [0.15, 0.2) is 5.60 Å². The molecule has 5 nitrogen and oxygen atoms in total. The molecule has 0 aromatic heterocycles. The van der Waals surface area contributed by atoms with Crippen LogP contribution in [0.4, 0.5) is 0 Å². The molecule has 0 aromatic rings. The Bertz CT molecular complexity index is 508. The highest BCUT2D eigenvalue weighted by Crippen LogP contribution is 2.53. The third-order valence-corrected chi connectivity index (χ3v) is 5.47. The number of amides is 1. The van der Waals surface area contributed by atoms with Crippen LogP contribution in [0.5, 0.6) is 0 Å². The minimum absolute atomic E-state index is 0.138. The number of carbonyl (C=O) groups is 2. The summed E-state index contributed by atoms with van der Waals surface area (Å²) in [6.45, 7) is 1.72. The minimum Gasteiger partial charge on any atom is -0.453 e. The van der Waals surface area contributed by atoms with Crippen LogP contribution in [0.3, 0.4) is 0 Å². The smallest absolute Gasteiger partial charge is 0.339 e. The summed E-state index contributed by atoms with van der Waals surface area (Å²) in [4.78, 5) is 24.4. The standard InChI is InChI=1S/C15H20ClNO4/c1-14-10(7-8-16)12(19)17-15(14,13(20)21-14)11(18)9-5-3-2-4-6-9/h3,5,9-11,18H,2,4,6-8H2,1H3,(H,17,19)/t9-,10+,11+,14?,15?/m1/s1. The molecule has 2 aliphatic heterocycles. The molecule has 21 heavy (non-hydrogen) atoms. The Morgan fingerprint density at radius 3 is 2.90 bits per heavy atom. The number of aliphatic hydroxyl groups is 1. The number of hydrogen-bond acceptors (Lipinski definition) is 4. The van der Waals surface area contributed by atoms with Crippen molar-refractivity contribution in [1.82, 2.24) is 5.32 Å². The van der Waals surface area contributed by atoms with Crippen LogP contribution in [0.15, 0.2) is 12.2 Å². The van der Waals surface area contributed by atoms with Crippen LogP contribution in [0.1, 0.15) is 32.6 Å². The molecule has 0 saturated carbocycles. The fraction of sp³-hybridized carbons (Fsp3) is 0.733. The van der Waals surface area contributed by atoms with E-state index in [4.69, 9.17) is 16.3 Å². The van der Waals surface area contributed by atoms with Crippen molar-refractivity contribution in [2.24, 2.45) is 11.8 Å². The number of rotatable bonds is 4. The molecule has 3 aliphatic rings. The van der Waals surface area contributed by atoms with Gasteiger partial charge in [0.05, 0.1) is 12.0 Å². The number of halogens is 1. The zero-order chi connectivity index (χ0) is 15.3. The predicted octanol–water partition coefficient (Wildman–Crippen LogP) is 1.13. The van der Waals surface area contributed by atoms with Gasteiger partial charge in [-0.25, -0.2) is 4.79 Å². The van der Waals surface area contributed by atoms with E-state index < -0.39 is 29.1 Å². The Hall–Kier alpha value is -1.07. The maximum atomic E-state index is 12.2. The number of fused-ring (bicyclic) bond motifs is 1. The molecule has 5 atom stereocenters. The summed E-state index contributed by atoms with van der Waals surface area (Å²) in [6, 6.07) is 0. The summed E-state index contributed by atoms with van der Waals surface area (Å²) in [5.41, 5.74) is -2.34. The Morgan fingerprint density at radius 2 is 2.33 bits per heavy atom. The molecule has 1 amide bonds. The molecule has 0 bridgehead atoms. The first-order valence-electron chi connectivity index (χ1n) is 7.43. The van der Waals surface area contributed by atoms with Crippen molar-refractivity contribution < 1.29 is 19.4 Å². The largest absolute Gasteiger partial charge is 0.453 e. The average molecular weight is 314 g/mol. The van der Waals surface area contributed by atoms with Gasteiger partial charge in [-0.15, -0.1) is 11.6 Å². The number of allylic oxidation sites excluding steroid dienone is 1. The molecule has 0 radical (unpaired) electrons. The fourth-order valence-electron chi connectivity index (χ4n) is 3.99. The molecule has 116 valence electrons. The third-order valence-electron chi connectivity index (χ3n) is 5.25. The highest BCUT2D eigenvalue weighted by Gasteiger charge is 2.79. The van der Waals surface area contributed by atoms with Crippen LogP contribution in [-0.4, -0.2) is 40.1 Å². The van der Waals surface area contributed by atoms with Crippen LogP contribution in [-0.2, 0) is 14.3 Å². The van der Waals surface area contributed by atoms with E-state index in [0.717, 1.165) is 19.3 Å². The van der Waals surface area contributed by atoms with Crippen molar-refractivity contribution in [2.45, 2.75) is 49.9 Å². The lowest BCUT2D eigenvalue weighted by Crippen LogP contribution is -2.80. The Morgan fingerprint density at radius 1 is 1.57 bits per heavy atom. The monoisotopic (exact) mass is 313 g/mol. The molecule has 2 N–H and O–H groups in total. The molecule has 2 heterocycles. The average Bonchev–Trinajstić information content (AvgIpc) is 2.65. The lowest BCUT2D eigenvalue weighted by Gasteiger charge is -2.54. The van der Waals surface area contributed by atoms with Gasteiger partial charge in [-0.05, 0) is 32.6 Å². The lowest BCUT2D eigenvalue weighted by molar-refractivity contribution is -0.238. The van der Waals surface area contributed by atoms with Gasteiger partial charge in [0.2, 0.25) is 11.4 Å². The van der Waals surface area contributed by atoms with Crippen molar-refractivity contribution >= 4 is 23.5 Å². The van der Waals surface area contributed by atoms with E-state index in [-0.39, 0.29) is 11.8 Å². The number of ether oxygens (including phenoxy) is 1. The van der Waals surface area contributed by atoms with Gasteiger partial charge in [0.25, 0.3) is 0 Å². The van der Waals surface area contributed by atoms with Gasteiger partial charge in [-0.2, -0.15) is 0 Å². The molecular weight excluding hydrogens is 294 g/mol. The second-order valence-corrected chi connectivity index (χ2v) is 6.67. The number of nitrogens with one attached hydrogen (secondary N) is 1. The minimum atomic E-state index is -1.33. The highest BCUT2D eigenvalue weighted by molar-refractivity contribution is 6.18. The Kier molecular flexibility index (Phi) is 3.53. The number of carbonyl (C=O) groups excluding carboxylic acids is 2. The highest BCUT2D eigenvalue weighted by atomic mass is 35.5. The first kappa shape index (κ1) is 14.9. The van der Waals surface area contributed by atoms with E-state index in [9.17, 15) is 14.7 Å². The van der Waals surface area contributed by atoms with Gasteiger partial charge >= 0.3 is 5.97 Å². The molecule has 3 rings (SSSR count). The summed E-state index contributed by atoms with van der Waals surface area (Å²) in [5.74, 6) is -1.14. The van der Waals surface area contributed by atoms with Crippen molar-refractivity contribution in [3.63, 3.8) is 0 Å². The fourth-order valence-corrected chi connectivity index (χ4v) is 4.21. The zero-order valence-electron chi connectivity index (χ0n) is 12.0. The zero-order valence-corrected chi connectivity index (χ0v) is 12.7. The maximum absolute atomic E-state index is 12.2. The number of alkyl halides is 1. The number of aliphatic hydroxyl groups excluding tert-OH is 1. The van der Waals surface area contributed by atoms with E-state index in [1.54, 1.807) is 6.92 Å². The van der Waals surface area contributed by atoms with Crippen molar-refractivity contribution in [3.8, 4) is 0 Å². The van der Waals surface area contributed by atoms with Crippen LogP contribution in [0.2, 0.25) is 0 Å². The first-order valence-corrected chi connectivity index (χ1v) is 7.97. The molecule has 2 saturated heterocycles. The van der Waals surface area contributed by atoms with Crippen molar-refractivity contribution in [2.75, 3.05) is 5.88 Å². The second kappa shape index (κ2) is 4.99. The van der Waals surface area contributed by atoms with Crippen LogP contribution < -0.4 is 5.32 Å². The van der Waals surface area contributed by atoms with E-state index in [1.165, 1.54) is 0 Å². The van der Waals surface area contributed by atoms with Gasteiger partial charge in [-0.3, -0.25) is 4.79 Å². The molecule has 0 spiro atoms. The summed E-state index contributed by atoms with van der Waals surface area (Å²) < 4.78 is 5.34. The molecule has 2 unspecified atom stereocenters. The number of hydrogen-bond donors (Lipinski definition) is 2. The van der Waals surface area contributed by atoms with Crippen molar-refractivity contribution in [3.05, 3.63) is 12.2 Å². The number of esters is 1. The van der Waals surface area contributed by atoms with Gasteiger partial charge in [0, 0.05) is 11.8 Å². The SMILES string of the molecule is CC12OC(=O)C1([C@@H](O)[C@@H]1C=CCCC1)NC(=O)[C@@H]2CCCl. The summed E-state index contributed by atoms with van der Waals surface area (Å²) in [7, 11) is 0. The van der Waals surface area contributed by atoms with Crippen molar-refractivity contribution in [1.29, 1.82) is 0 Å². The molecular formula is C15H20ClNO4. The summed E-state index contributed by atoms with van der Waals surface area (Å²) >= 11 is 5.76. The summed E-state index contributed by atoms with van der Waals surface area (Å²) in [5, 5.41) is 13.5. The lowest BCUT2D eigenvalue weighted by atomic mass is 9.64. The van der Waals surface area contributed by atoms with E-state index in [1.807, 2.05) is 12.2 Å². The quantitative estimate of drug-likeness (QED) is 0.463. The van der Waals surface area contributed by atoms with E-state index in [0.29, 0.717) is 12.3 Å². The van der Waals surface area contributed by atoms with Gasteiger partial charge in [0.1, 0.15) is 0 Å². The second-order valence-electron chi connectivity index (χ2n) is 6.29. The third kappa shape index (κ3) is 1.80. The Balaban J connectivity index is 1.94. The van der Waals surface area contributed by atoms with E-state index >= 15 is 0 Å². The molecule has 1 aliphatic carbocycles. The topological polar surface area (TPSA) is 75.6 Å². The summed E-state index contributed by atoms with van der Waals surface area (Å²) in [6.07, 6.45) is 6.17. The van der Waals surface area contributed by atoms with Crippen LogP contribution >= 0.6 is 11.6 Å². The predicted molar refractivity (Wildman–Crippen MR) is 76.7 cm³/mol. The van der Waals surface area contributed by atoms with Crippen LogP contribution in [0, 0.1) is 11.8 Å². The van der Waals surface area contributed by atoms with Gasteiger partial charge < -0.3 is 15.2 Å². The first-order chi connectivity index (χ1) is 9.97. The normalized spacial score (nSPS) is 42.8. The van der Waals surface area contributed by atoms with Gasteiger partial charge in [-0.1, -0.05) is 12.2 Å².